The molecule has 10 atom stereocenters. The van der Waals surface area contributed by atoms with Gasteiger partial charge >= 0.3 is 5.97 Å². The summed E-state index contributed by atoms with van der Waals surface area (Å²) in [7, 11) is 0. The molecule has 5 rings (SSSR count). The number of fused-ring (bicyclic) bond motifs is 7. The zero-order valence-corrected chi connectivity index (χ0v) is 22.2. The van der Waals surface area contributed by atoms with Gasteiger partial charge in [-0.15, -0.1) is 0 Å². The van der Waals surface area contributed by atoms with E-state index in [9.17, 15) is 15.0 Å². The van der Waals surface area contributed by atoms with Crippen LogP contribution in [0.4, 0.5) is 0 Å². The lowest BCUT2D eigenvalue weighted by molar-refractivity contribution is -0.206. The molecule has 2 N–H and O–H groups in total. The SMILES string of the molecule is C[C@@H]1[C@H](C)CC[C@]2(C(=O)O)CC[C@]3(C)C(=CC[C@@H]4[C@]5(C)CC[C@@H](O)C(C)(C)[C@@H]5CC[C@@]43C)[C@@H]12. The Morgan fingerprint density at radius 2 is 1.61 bits per heavy atom. The first kappa shape index (κ1) is 23.9. The lowest BCUT2D eigenvalue weighted by Gasteiger charge is -2.71. The highest BCUT2D eigenvalue weighted by Crippen LogP contribution is 2.75. The van der Waals surface area contributed by atoms with Gasteiger partial charge in [-0.2, -0.15) is 0 Å². The summed E-state index contributed by atoms with van der Waals surface area (Å²) in [6, 6.07) is 0. The summed E-state index contributed by atoms with van der Waals surface area (Å²) < 4.78 is 0. The molecule has 4 fully saturated rings. The molecule has 0 aromatic heterocycles. The summed E-state index contributed by atoms with van der Waals surface area (Å²) in [5.74, 6) is 1.82. The normalized spacial score (nSPS) is 55.3. The molecule has 0 aliphatic heterocycles. The number of carbonyl (C=O) groups is 1. The molecule has 0 unspecified atom stereocenters. The summed E-state index contributed by atoms with van der Waals surface area (Å²) in [5.41, 5.74) is 1.46. The van der Waals surface area contributed by atoms with Gasteiger partial charge in [-0.05, 0) is 109 Å². The number of hydrogen-bond acceptors (Lipinski definition) is 2. The third-order valence-electron chi connectivity index (χ3n) is 13.4. The Hall–Kier alpha value is -0.830. The number of hydrogen-bond donors (Lipinski definition) is 2. The van der Waals surface area contributed by atoms with Gasteiger partial charge in [0.05, 0.1) is 11.5 Å². The fourth-order valence-corrected chi connectivity index (χ4v) is 10.8. The van der Waals surface area contributed by atoms with Crippen molar-refractivity contribution < 1.29 is 15.0 Å². The smallest absolute Gasteiger partial charge is 0.310 e. The number of rotatable bonds is 1. The van der Waals surface area contributed by atoms with Crippen LogP contribution >= 0.6 is 0 Å². The quantitative estimate of drug-likeness (QED) is 0.414. The van der Waals surface area contributed by atoms with Crippen LogP contribution in [-0.2, 0) is 4.79 Å². The summed E-state index contributed by atoms with van der Waals surface area (Å²) in [6.07, 6.45) is 11.6. The standard InChI is InChI=1S/C30H48O3/c1-18-10-15-30(25(32)33)17-16-28(6)20(24(30)19(18)2)8-9-22-27(5)13-12-23(31)26(3,4)21(27)11-14-29(22,28)7/h8,18-19,21-24,31H,9-17H2,1-7H3,(H,32,33)/t18-,19-,21+,22-,23-,24-,27-,28-,29+,30+/m1/s1. The Morgan fingerprint density at radius 3 is 2.27 bits per heavy atom. The van der Waals surface area contributed by atoms with Crippen molar-refractivity contribution in [3.63, 3.8) is 0 Å². The van der Waals surface area contributed by atoms with Crippen LogP contribution in [0, 0.1) is 56.7 Å². The fraction of sp³-hybridized carbons (Fsp3) is 0.900. The molecule has 0 amide bonds. The Bertz CT molecular complexity index is 874. The van der Waals surface area contributed by atoms with Gasteiger partial charge in [-0.25, -0.2) is 0 Å². The van der Waals surface area contributed by atoms with Crippen LogP contribution in [0.1, 0.15) is 106 Å². The van der Waals surface area contributed by atoms with Gasteiger partial charge in [0.15, 0.2) is 0 Å². The highest BCUT2D eigenvalue weighted by Gasteiger charge is 2.69. The number of aliphatic hydroxyl groups excluding tert-OH is 1. The highest BCUT2D eigenvalue weighted by atomic mass is 16.4. The highest BCUT2D eigenvalue weighted by molar-refractivity contribution is 5.76. The van der Waals surface area contributed by atoms with E-state index in [0.29, 0.717) is 23.7 Å². The number of aliphatic hydroxyl groups is 1. The molecule has 0 saturated heterocycles. The molecule has 186 valence electrons. The Morgan fingerprint density at radius 1 is 0.909 bits per heavy atom. The van der Waals surface area contributed by atoms with Gasteiger partial charge in [0.2, 0.25) is 0 Å². The Labute approximate surface area is 201 Å². The first-order chi connectivity index (χ1) is 15.3. The Kier molecular flexibility index (Phi) is 5.15. The van der Waals surface area contributed by atoms with E-state index < -0.39 is 11.4 Å². The van der Waals surface area contributed by atoms with Crippen LogP contribution in [0.15, 0.2) is 11.6 Å². The molecule has 0 spiro atoms. The maximum absolute atomic E-state index is 12.8. The molecule has 3 nitrogen and oxygen atoms in total. The number of allylic oxidation sites excluding steroid dienone is 2. The summed E-state index contributed by atoms with van der Waals surface area (Å²) in [4.78, 5) is 12.8. The maximum Gasteiger partial charge on any atom is 0.310 e. The minimum Gasteiger partial charge on any atom is -0.481 e. The van der Waals surface area contributed by atoms with Crippen LogP contribution < -0.4 is 0 Å². The van der Waals surface area contributed by atoms with E-state index in [-0.39, 0.29) is 33.7 Å². The van der Waals surface area contributed by atoms with E-state index in [1.54, 1.807) is 0 Å². The van der Waals surface area contributed by atoms with Crippen LogP contribution in [0.25, 0.3) is 0 Å². The maximum atomic E-state index is 12.8. The molecule has 3 heteroatoms. The van der Waals surface area contributed by atoms with Crippen LogP contribution in [0.2, 0.25) is 0 Å². The van der Waals surface area contributed by atoms with Crippen molar-refractivity contribution in [3.8, 4) is 0 Å². The predicted molar refractivity (Wildman–Crippen MR) is 133 cm³/mol. The second-order valence-corrected chi connectivity index (χ2v) is 14.5. The second kappa shape index (κ2) is 7.11. The van der Waals surface area contributed by atoms with Gasteiger partial charge in [-0.1, -0.05) is 60.1 Å². The summed E-state index contributed by atoms with van der Waals surface area (Å²) in [6.45, 7) is 17.0. The van der Waals surface area contributed by atoms with E-state index in [2.05, 4.69) is 54.5 Å². The van der Waals surface area contributed by atoms with E-state index in [0.717, 1.165) is 44.9 Å². The number of carboxylic acids is 1. The average molecular weight is 457 g/mol. The van der Waals surface area contributed by atoms with E-state index >= 15 is 0 Å². The molecule has 0 aromatic carbocycles. The number of carboxylic acid groups (broad SMARTS) is 1. The van der Waals surface area contributed by atoms with E-state index in [1.165, 1.54) is 18.4 Å². The molecular weight excluding hydrogens is 408 g/mol. The lowest BCUT2D eigenvalue weighted by atomic mass is 9.33. The largest absolute Gasteiger partial charge is 0.481 e. The third kappa shape index (κ3) is 2.75. The van der Waals surface area contributed by atoms with Crippen LogP contribution in [0.3, 0.4) is 0 Å². The van der Waals surface area contributed by atoms with Crippen LogP contribution in [-0.4, -0.2) is 22.3 Å². The van der Waals surface area contributed by atoms with Gasteiger partial charge in [0.25, 0.3) is 0 Å². The zero-order valence-electron chi connectivity index (χ0n) is 22.2. The van der Waals surface area contributed by atoms with Crippen molar-refractivity contribution in [2.75, 3.05) is 0 Å². The molecule has 0 heterocycles. The van der Waals surface area contributed by atoms with Gasteiger partial charge < -0.3 is 10.2 Å². The predicted octanol–water partition coefficient (Wildman–Crippen LogP) is 7.09. The molecule has 5 aliphatic rings. The Balaban J connectivity index is 1.61. The van der Waals surface area contributed by atoms with E-state index in [1.807, 2.05) is 0 Å². The monoisotopic (exact) mass is 456 g/mol. The molecule has 4 saturated carbocycles. The van der Waals surface area contributed by atoms with Gasteiger partial charge in [0.1, 0.15) is 0 Å². The minimum absolute atomic E-state index is 0.0302. The second-order valence-electron chi connectivity index (χ2n) is 14.5. The first-order valence-corrected chi connectivity index (χ1v) is 13.9. The van der Waals surface area contributed by atoms with Crippen molar-refractivity contribution in [1.29, 1.82) is 0 Å². The van der Waals surface area contributed by atoms with E-state index in [4.69, 9.17) is 0 Å². The van der Waals surface area contributed by atoms with Crippen molar-refractivity contribution in [1.82, 2.24) is 0 Å². The topological polar surface area (TPSA) is 57.5 Å². The lowest BCUT2D eigenvalue weighted by Crippen LogP contribution is -2.65. The molecule has 0 aromatic rings. The average Bonchev–Trinajstić information content (AvgIpc) is 2.74. The zero-order chi connectivity index (χ0) is 24.2. The van der Waals surface area contributed by atoms with Crippen molar-refractivity contribution >= 4 is 5.97 Å². The first-order valence-electron chi connectivity index (χ1n) is 13.9. The summed E-state index contributed by atoms with van der Waals surface area (Å²) in [5, 5.41) is 21.4. The summed E-state index contributed by atoms with van der Waals surface area (Å²) >= 11 is 0. The van der Waals surface area contributed by atoms with Gasteiger partial charge in [0, 0.05) is 0 Å². The number of aliphatic carboxylic acids is 1. The fourth-order valence-electron chi connectivity index (χ4n) is 10.8. The van der Waals surface area contributed by atoms with Crippen molar-refractivity contribution in [2.24, 2.45) is 56.7 Å². The molecule has 33 heavy (non-hydrogen) atoms. The molecular formula is C30H48O3. The molecule has 0 radical (unpaired) electrons. The van der Waals surface area contributed by atoms with Crippen molar-refractivity contribution in [3.05, 3.63) is 11.6 Å². The molecule has 5 aliphatic carbocycles. The van der Waals surface area contributed by atoms with Gasteiger partial charge in [-0.3, -0.25) is 4.79 Å². The van der Waals surface area contributed by atoms with Crippen molar-refractivity contribution in [2.45, 2.75) is 112 Å². The minimum atomic E-state index is -0.557. The van der Waals surface area contributed by atoms with Crippen LogP contribution in [0.5, 0.6) is 0 Å². The third-order valence-corrected chi connectivity index (χ3v) is 13.4. The molecule has 0 bridgehead atoms.